The highest BCUT2D eigenvalue weighted by molar-refractivity contribution is 5.68. The molecule has 7 aliphatic rings. The highest BCUT2D eigenvalue weighted by Crippen LogP contribution is 2.65. The number of rotatable bonds is 8. The van der Waals surface area contributed by atoms with E-state index >= 15 is 0 Å². The van der Waals surface area contributed by atoms with Crippen molar-refractivity contribution < 1.29 is 52.7 Å². The van der Waals surface area contributed by atoms with E-state index in [0.717, 1.165) is 57.9 Å². The van der Waals surface area contributed by atoms with E-state index in [1.807, 2.05) is 0 Å². The maximum absolute atomic E-state index is 12.5. The van der Waals surface area contributed by atoms with Crippen molar-refractivity contribution >= 4 is 23.9 Å². The van der Waals surface area contributed by atoms with Crippen LogP contribution in [0.5, 0.6) is 0 Å². The summed E-state index contributed by atoms with van der Waals surface area (Å²) in [5, 5.41) is 19.5. The molecule has 1 N–H and O–H groups in total. The minimum absolute atomic E-state index is 0.0601. The summed E-state index contributed by atoms with van der Waals surface area (Å²) >= 11 is 0. The lowest BCUT2D eigenvalue weighted by Gasteiger charge is -2.49. The van der Waals surface area contributed by atoms with Crippen molar-refractivity contribution in [1.29, 1.82) is 0 Å². The number of allylic oxidation sites excluding steroid dienone is 2. The third kappa shape index (κ3) is 7.56. The molecule has 0 amide bonds. The van der Waals surface area contributed by atoms with Crippen molar-refractivity contribution in [2.24, 2.45) is 35.0 Å². The van der Waals surface area contributed by atoms with Crippen LogP contribution >= 0.6 is 0 Å². The molecule has 8 rings (SSSR count). The molecule has 3 aliphatic heterocycles. The molecule has 0 aromatic carbocycles. The molecule has 0 radical (unpaired) electrons. The number of ether oxygens (including phenoxy) is 6. The zero-order valence-electron chi connectivity index (χ0n) is 35.8. The normalized spacial score (nSPS) is 41.6. The van der Waals surface area contributed by atoms with Crippen LogP contribution in [0.25, 0.3) is 0 Å². The lowest BCUT2D eigenvalue weighted by Crippen LogP contribution is -2.60. The Hall–Kier alpha value is -3.66. The minimum atomic E-state index is -1.31. The predicted molar refractivity (Wildman–Crippen MR) is 210 cm³/mol. The summed E-state index contributed by atoms with van der Waals surface area (Å²) in [5.41, 5.74) is 5.06. The number of likely N-dealkylation sites (tertiary alicyclic amines) is 1. The van der Waals surface area contributed by atoms with Crippen molar-refractivity contribution in [1.82, 2.24) is 19.9 Å². The number of hydrogen-bond donors (Lipinski definition) is 1. The summed E-state index contributed by atoms with van der Waals surface area (Å²) in [5.74, 6) is -0.190. The second-order valence-electron chi connectivity index (χ2n) is 18.9. The van der Waals surface area contributed by atoms with Crippen molar-refractivity contribution in [3.63, 3.8) is 0 Å². The number of aromatic nitrogens is 3. The first kappa shape index (κ1) is 42.0. The number of fused-ring (bicyclic) bond motifs is 6. The van der Waals surface area contributed by atoms with Gasteiger partial charge in [-0.2, -0.15) is 0 Å². The van der Waals surface area contributed by atoms with Gasteiger partial charge in [0.2, 0.25) is 0 Å². The summed E-state index contributed by atoms with van der Waals surface area (Å²) in [6.45, 7) is 15.3. The molecule has 1 aromatic heterocycles. The highest BCUT2D eigenvalue weighted by atomic mass is 16.7. The molecule has 1 aromatic rings. The Labute approximate surface area is 346 Å². The van der Waals surface area contributed by atoms with Gasteiger partial charge in [0.1, 0.15) is 12.7 Å². The number of nitrogens with zero attached hydrogens (tertiary/aromatic N) is 4. The van der Waals surface area contributed by atoms with E-state index in [9.17, 15) is 24.3 Å². The number of carbonyl (C=O) groups excluding carboxylic acids is 4. The van der Waals surface area contributed by atoms with E-state index in [4.69, 9.17) is 28.4 Å². The molecular weight excluding hydrogens is 761 g/mol. The number of esters is 4. The van der Waals surface area contributed by atoms with Gasteiger partial charge in [0.15, 0.2) is 24.5 Å². The zero-order valence-corrected chi connectivity index (χ0v) is 35.8. The first-order valence-corrected chi connectivity index (χ1v) is 21.7. The zero-order chi connectivity index (χ0) is 42.1. The number of hydrogen-bond acceptors (Lipinski definition) is 14. The average molecular weight is 823 g/mol. The quantitative estimate of drug-likeness (QED) is 0.216. The van der Waals surface area contributed by atoms with Crippen LogP contribution in [0.3, 0.4) is 0 Å². The number of carbonyl (C=O) groups is 4. The largest absolute Gasteiger partial charge is 0.463 e. The van der Waals surface area contributed by atoms with Gasteiger partial charge in [-0.05, 0) is 93.0 Å². The molecule has 4 unspecified atom stereocenters. The van der Waals surface area contributed by atoms with Crippen LogP contribution in [0.4, 0.5) is 0 Å². The average Bonchev–Trinajstić information content (AvgIpc) is 3.86. The summed E-state index contributed by atoms with van der Waals surface area (Å²) in [7, 11) is 0. The van der Waals surface area contributed by atoms with Gasteiger partial charge in [-0.25, -0.2) is 4.68 Å². The van der Waals surface area contributed by atoms with Gasteiger partial charge in [-0.3, -0.25) is 24.1 Å². The van der Waals surface area contributed by atoms with Gasteiger partial charge in [0.05, 0.1) is 29.7 Å². The van der Waals surface area contributed by atoms with Gasteiger partial charge in [-0.1, -0.05) is 43.2 Å². The smallest absolute Gasteiger partial charge is 0.303 e. The van der Waals surface area contributed by atoms with E-state index in [1.165, 1.54) is 43.5 Å². The molecule has 0 bridgehead atoms. The van der Waals surface area contributed by atoms with E-state index in [1.54, 1.807) is 11.8 Å². The van der Waals surface area contributed by atoms with Crippen LogP contribution in [0, 0.1) is 35.0 Å². The van der Waals surface area contributed by atoms with E-state index in [0.29, 0.717) is 35.9 Å². The summed E-state index contributed by atoms with van der Waals surface area (Å²) in [4.78, 5) is 51.4. The molecule has 1 spiro atoms. The Bertz CT molecular complexity index is 1900. The lowest BCUT2D eigenvalue weighted by atomic mass is 9.56. The molecule has 15 nitrogen and oxygen atoms in total. The van der Waals surface area contributed by atoms with Gasteiger partial charge in [-0.15, -0.1) is 5.10 Å². The Morgan fingerprint density at radius 1 is 0.949 bits per heavy atom. The first-order chi connectivity index (χ1) is 28.0. The van der Waals surface area contributed by atoms with Gasteiger partial charge >= 0.3 is 23.9 Å². The Morgan fingerprint density at radius 3 is 2.37 bits per heavy atom. The summed E-state index contributed by atoms with van der Waals surface area (Å²) < 4.78 is 37.3. The summed E-state index contributed by atoms with van der Waals surface area (Å²) in [6.07, 6.45) is 6.08. The van der Waals surface area contributed by atoms with Gasteiger partial charge < -0.3 is 33.5 Å². The fourth-order valence-corrected chi connectivity index (χ4v) is 12.8. The van der Waals surface area contributed by atoms with E-state index < -0.39 is 54.5 Å². The second kappa shape index (κ2) is 16.0. The molecular formula is C44H62N4O11. The van der Waals surface area contributed by atoms with Crippen LogP contribution in [0.15, 0.2) is 29.0 Å². The molecule has 15 atom stereocenters. The van der Waals surface area contributed by atoms with Crippen molar-refractivity contribution in [2.75, 3.05) is 13.2 Å². The standard InChI is InChI=1S/C44H62N4O11/c1-22-15-36-38(24(3)44(59-36)14-12-32-33-10-9-29-16-31(53)11-13-43(29,8)35(33)17-34(32)23(44)2)47(18-22)19-30-20-48(46-45-30)42-41(57-28(7)52)40(56-27(6)51)39(55-26(5)50)37(58-42)21-54-25(4)49/h9,20,22,24,31-33,35-42,53H,10-19,21H2,1-8H3/t22-,24+,31-,32-,33-,35?,36+,37?,38-,39+,40?,41?,42+,43-,44-/m0/s1. The first-order valence-electron chi connectivity index (χ1n) is 21.7. The second-order valence-corrected chi connectivity index (χ2v) is 18.9. The minimum Gasteiger partial charge on any atom is -0.463 e. The van der Waals surface area contributed by atoms with Crippen molar-refractivity contribution in [3.8, 4) is 0 Å². The molecule has 4 heterocycles. The molecule has 15 heteroatoms. The molecule has 3 saturated heterocycles. The van der Waals surface area contributed by atoms with Gasteiger partial charge in [0, 0.05) is 52.7 Å². The van der Waals surface area contributed by atoms with Crippen LogP contribution in [0.2, 0.25) is 0 Å². The Morgan fingerprint density at radius 2 is 1.66 bits per heavy atom. The maximum atomic E-state index is 12.5. The molecule has 5 fully saturated rings. The monoisotopic (exact) mass is 822 g/mol. The van der Waals surface area contributed by atoms with Crippen LogP contribution < -0.4 is 0 Å². The van der Waals surface area contributed by atoms with Crippen LogP contribution in [-0.4, -0.2) is 110 Å². The molecule has 4 aliphatic carbocycles. The number of aliphatic hydroxyl groups excluding tert-OH is 1. The van der Waals surface area contributed by atoms with Crippen molar-refractivity contribution in [3.05, 3.63) is 34.7 Å². The lowest BCUT2D eigenvalue weighted by molar-refractivity contribution is -0.270. The molecule has 2 saturated carbocycles. The predicted octanol–water partition coefficient (Wildman–Crippen LogP) is 4.76. The number of aliphatic hydroxyl groups is 1. The highest BCUT2D eigenvalue weighted by Gasteiger charge is 2.62. The third-order valence-electron chi connectivity index (χ3n) is 15.2. The number of piperidine rings is 1. The van der Waals surface area contributed by atoms with E-state index in [2.05, 4.69) is 49.0 Å². The third-order valence-corrected chi connectivity index (χ3v) is 15.2. The molecule has 59 heavy (non-hydrogen) atoms. The SMILES string of the molecule is CC(=O)OCC1O[C@@H](n2cc(CN3C[C@@H](C)C[C@H]4O[C@]5(CC[C@@H]6C(=C5C)CC5[C@H]6CC=C6C[C@@H](O)CC[C@@]65C)[C@H](C)[C@@H]43)nn2)C(OC(C)=O)C(OC(C)=O)[C@@H]1OC(C)=O. The maximum Gasteiger partial charge on any atom is 0.303 e. The topological polar surface area (TPSA) is 178 Å². The Balaban J connectivity index is 1.05. The van der Waals surface area contributed by atoms with Crippen LogP contribution in [0.1, 0.15) is 119 Å². The summed E-state index contributed by atoms with van der Waals surface area (Å²) in [6, 6.07) is 0.156. The fraction of sp³-hybridized carbons (Fsp3) is 0.773. The molecule has 324 valence electrons. The van der Waals surface area contributed by atoms with Gasteiger partial charge in [0.25, 0.3) is 0 Å². The fourth-order valence-electron chi connectivity index (χ4n) is 12.8. The van der Waals surface area contributed by atoms with Crippen molar-refractivity contribution in [2.45, 2.75) is 168 Å². The Kier molecular flexibility index (Phi) is 11.4. The van der Waals surface area contributed by atoms with E-state index in [-0.39, 0.29) is 41.8 Å². The van der Waals surface area contributed by atoms with Crippen LogP contribution in [-0.2, 0) is 54.1 Å².